The van der Waals surface area contributed by atoms with Gasteiger partial charge in [-0.15, -0.1) is 0 Å². The van der Waals surface area contributed by atoms with Crippen molar-refractivity contribution in [1.82, 2.24) is 10.3 Å². The zero-order chi connectivity index (χ0) is 15.1. The van der Waals surface area contributed by atoms with Crippen molar-refractivity contribution in [3.63, 3.8) is 0 Å². The smallest absolute Gasteiger partial charge is 0.132 e. The molecule has 1 heterocycles. The van der Waals surface area contributed by atoms with Crippen LogP contribution in [0.1, 0.15) is 30.6 Å². The Labute approximate surface area is 131 Å². The second kappa shape index (κ2) is 8.13. The van der Waals surface area contributed by atoms with Crippen molar-refractivity contribution < 1.29 is 5.11 Å². The van der Waals surface area contributed by atoms with Gasteiger partial charge in [-0.1, -0.05) is 48.0 Å². The van der Waals surface area contributed by atoms with E-state index < -0.39 is 6.10 Å². The second-order valence-electron chi connectivity index (χ2n) is 5.23. The number of aryl methyl sites for hydroxylation is 1. The molecule has 0 saturated carbocycles. The molecule has 112 valence electrons. The number of pyridine rings is 1. The summed E-state index contributed by atoms with van der Waals surface area (Å²) < 4.78 is 0. The molecule has 21 heavy (non-hydrogen) atoms. The third-order valence-electron chi connectivity index (χ3n) is 3.53. The lowest BCUT2D eigenvalue weighted by atomic mass is 10.1. The van der Waals surface area contributed by atoms with Crippen LogP contribution in [0.25, 0.3) is 0 Å². The monoisotopic (exact) mass is 304 g/mol. The maximum absolute atomic E-state index is 10.1. The summed E-state index contributed by atoms with van der Waals surface area (Å²) in [6.07, 6.45) is 3.05. The Bertz CT molecular complexity index is 547. The predicted octanol–water partition coefficient (Wildman–Crippen LogP) is 3.38. The van der Waals surface area contributed by atoms with Gasteiger partial charge in [-0.25, -0.2) is 4.98 Å². The molecule has 2 aromatic rings. The summed E-state index contributed by atoms with van der Waals surface area (Å²) in [5.41, 5.74) is 2.00. The van der Waals surface area contributed by atoms with Crippen LogP contribution in [-0.2, 0) is 6.42 Å². The Morgan fingerprint density at radius 3 is 2.67 bits per heavy atom. The summed E-state index contributed by atoms with van der Waals surface area (Å²) in [7, 11) is 0. The van der Waals surface area contributed by atoms with Crippen LogP contribution in [0, 0.1) is 0 Å². The minimum Gasteiger partial charge on any atom is -0.387 e. The van der Waals surface area contributed by atoms with Gasteiger partial charge in [0.05, 0.1) is 6.10 Å². The largest absolute Gasteiger partial charge is 0.387 e. The molecule has 2 atom stereocenters. The van der Waals surface area contributed by atoms with Gasteiger partial charge in [0.1, 0.15) is 5.15 Å². The number of aromatic nitrogens is 1. The topological polar surface area (TPSA) is 45.2 Å². The maximum atomic E-state index is 10.1. The average Bonchev–Trinajstić information content (AvgIpc) is 2.52. The minimum atomic E-state index is -0.476. The second-order valence-corrected chi connectivity index (χ2v) is 5.59. The molecule has 0 spiro atoms. The Hall–Kier alpha value is -1.42. The highest BCUT2D eigenvalue weighted by atomic mass is 35.5. The van der Waals surface area contributed by atoms with E-state index in [-0.39, 0.29) is 0 Å². The first kappa shape index (κ1) is 16.0. The summed E-state index contributed by atoms with van der Waals surface area (Å²) in [6.45, 7) is 2.66. The number of aliphatic hydroxyl groups is 1. The first-order chi connectivity index (χ1) is 10.2. The van der Waals surface area contributed by atoms with Crippen molar-refractivity contribution >= 4 is 11.6 Å². The van der Waals surface area contributed by atoms with Gasteiger partial charge in [-0.3, -0.25) is 0 Å². The Kier molecular flexibility index (Phi) is 6.18. The predicted molar refractivity (Wildman–Crippen MR) is 86.4 cm³/mol. The Morgan fingerprint density at radius 1 is 1.19 bits per heavy atom. The SMILES string of the molecule is CC(CCc1cccnc1Cl)NC[C@H](O)c1ccccc1. The molecular weight excluding hydrogens is 284 g/mol. The molecule has 0 saturated heterocycles. The van der Waals surface area contributed by atoms with Gasteiger partial charge in [0.2, 0.25) is 0 Å². The van der Waals surface area contributed by atoms with Gasteiger partial charge in [0, 0.05) is 18.8 Å². The number of nitrogens with one attached hydrogen (secondary N) is 1. The number of rotatable bonds is 7. The molecule has 0 aliphatic carbocycles. The van der Waals surface area contributed by atoms with E-state index in [4.69, 9.17) is 11.6 Å². The zero-order valence-corrected chi connectivity index (χ0v) is 12.9. The summed E-state index contributed by atoms with van der Waals surface area (Å²) in [4.78, 5) is 4.08. The van der Waals surface area contributed by atoms with E-state index in [1.165, 1.54) is 0 Å². The number of halogens is 1. The van der Waals surface area contributed by atoms with E-state index >= 15 is 0 Å². The van der Waals surface area contributed by atoms with E-state index in [9.17, 15) is 5.11 Å². The van der Waals surface area contributed by atoms with Crippen LogP contribution >= 0.6 is 11.6 Å². The van der Waals surface area contributed by atoms with Crippen molar-refractivity contribution in [2.75, 3.05) is 6.54 Å². The maximum Gasteiger partial charge on any atom is 0.132 e. The molecule has 4 heteroatoms. The Morgan fingerprint density at radius 2 is 1.95 bits per heavy atom. The van der Waals surface area contributed by atoms with Crippen LogP contribution in [0.3, 0.4) is 0 Å². The molecule has 0 bridgehead atoms. The first-order valence-corrected chi connectivity index (χ1v) is 7.60. The van der Waals surface area contributed by atoms with Crippen LogP contribution in [0.2, 0.25) is 5.15 Å². The lowest BCUT2D eigenvalue weighted by molar-refractivity contribution is 0.170. The van der Waals surface area contributed by atoms with Crippen molar-refractivity contribution in [2.24, 2.45) is 0 Å². The zero-order valence-electron chi connectivity index (χ0n) is 12.2. The fraction of sp³-hybridized carbons (Fsp3) is 0.353. The van der Waals surface area contributed by atoms with Gasteiger partial charge in [0.25, 0.3) is 0 Å². The molecule has 1 unspecified atom stereocenters. The molecule has 1 aromatic heterocycles. The van der Waals surface area contributed by atoms with Crippen molar-refractivity contribution in [1.29, 1.82) is 0 Å². The average molecular weight is 305 g/mol. The van der Waals surface area contributed by atoms with E-state index in [1.807, 2.05) is 42.5 Å². The summed E-state index contributed by atoms with van der Waals surface area (Å²) in [5.74, 6) is 0. The quantitative estimate of drug-likeness (QED) is 0.771. The van der Waals surface area contributed by atoms with Crippen LogP contribution in [0.5, 0.6) is 0 Å². The number of aliphatic hydroxyl groups excluding tert-OH is 1. The lowest BCUT2D eigenvalue weighted by Gasteiger charge is -2.17. The van der Waals surface area contributed by atoms with Gasteiger partial charge in [-0.05, 0) is 37.0 Å². The van der Waals surface area contributed by atoms with Gasteiger partial charge in [-0.2, -0.15) is 0 Å². The highest BCUT2D eigenvalue weighted by molar-refractivity contribution is 6.30. The van der Waals surface area contributed by atoms with Crippen molar-refractivity contribution in [3.05, 3.63) is 64.9 Å². The number of nitrogens with zero attached hydrogens (tertiary/aromatic N) is 1. The molecular formula is C17H21ClN2O. The van der Waals surface area contributed by atoms with E-state index in [0.717, 1.165) is 24.0 Å². The summed E-state index contributed by atoms with van der Waals surface area (Å²) >= 11 is 6.04. The summed E-state index contributed by atoms with van der Waals surface area (Å²) in [6, 6.07) is 13.9. The fourth-order valence-corrected chi connectivity index (χ4v) is 2.40. The molecule has 2 N–H and O–H groups in total. The third kappa shape index (κ3) is 5.12. The molecule has 1 aromatic carbocycles. The number of hydrogen-bond donors (Lipinski definition) is 2. The van der Waals surface area contributed by atoms with Crippen LogP contribution in [0.15, 0.2) is 48.7 Å². The van der Waals surface area contributed by atoms with Gasteiger partial charge >= 0.3 is 0 Å². The van der Waals surface area contributed by atoms with E-state index in [1.54, 1.807) is 6.20 Å². The van der Waals surface area contributed by atoms with Crippen LogP contribution in [0.4, 0.5) is 0 Å². The van der Waals surface area contributed by atoms with Gasteiger partial charge in [0.15, 0.2) is 0 Å². The van der Waals surface area contributed by atoms with Gasteiger partial charge < -0.3 is 10.4 Å². The van der Waals surface area contributed by atoms with Crippen molar-refractivity contribution in [2.45, 2.75) is 31.9 Å². The highest BCUT2D eigenvalue weighted by Crippen LogP contribution is 2.15. The first-order valence-electron chi connectivity index (χ1n) is 7.22. The minimum absolute atomic E-state index is 0.305. The van der Waals surface area contributed by atoms with E-state index in [0.29, 0.717) is 17.7 Å². The normalized spacial score (nSPS) is 13.9. The molecule has 0 aliphatic rings. The molecule has 3 nitrogen and oxygen atoms in total. The van der Waals surface area contributed by atoms with Crippen LogP contribution < -0.4 is 5.32 Å². The highest BCUT2D eigenvalue weighted by Gasteiger charge is 2.10. The van der Waals surface area contributed by atoms with Crippen LogP contribution in [-0.4, -0.2) is 22.7 Å². The molecule has 0 aliphatic heterocycles. The third-order valence-corrected chi connectivity index (χ3v) is 3.87. The molecule has 2 rings (SSSR count). The lowest BCUT2D eigenvalue weighted by Crippen LogP contribution is -2.30. The Balaban J connectivity index is 1.75. The molecule has 0 radical (unpaired) electrons. The number of hydrogen-bond acceptors (Lipinski definition) is 3. The summed E-state index contributed by atoms with van der Waals surface area (Å²) in [5, 5.41) is 14.0. The van der Waals surface area contributed by atoms with Crippen molar-refractivity contribution in [3.8, 4) is 0 Å². The standard InChI is InChI=1S/C17H21ClN2O/c1-13(9-10-15-8-5-11-19-17(15)18)20-12-16(21)14-6-3-2-4-7-14/h2-8,11,13,16,20-21H,9-10,12H2,1H3/t13?,16-/m0/s1. The van der Waals surface area contributed by atoms with E-state index in [2.05, 4.69) is 17.2 Å². The molecule has 0 amide bonds. The molecule has 0 fully saturated rings. The number of benzene rings is 1. The fourth-order valence-electron chi connectivity index (χ4n) is 2.19.